The molecule has 0 bridgehead atoms. The summed E-state index contributed by atoms with van der Waals surface area (Å²) in [6, 6.07) is 67.9. The van der Waals surface area contributed by atoms with Crippen molar-refractivity contribution in [3.05, 3.63) is 312 Å². The molecule has 2 fully saturated rings. The zero-order chi connectivity index (χ0) is 101. The molecule has 14 N–H and O–H groups in total. The molecule has 0 spiro atoms. The molecule has 20 rings (SSSR count). The third-order valence-corrected chi connectivity index (χ3v) is 23.7. The number of nitrogens with two attached hydrogens (primary N) is 4. The van der Waals surface area contributed by atoms with Gasteiger partial charge in [-0.15, -0.1) is 0 Å². The Kier molecular flexibility index (Phi) is 29.5. The van der Waals surface area contributed by atoms with Crippen molar-refractivity contribution in [2.45, 2.75) is 105 Å². The molecule has 10 aromatic heterocycles. The molecular formula is C107H101F3N24O9. The summed E-state index contributed by atoms with van der Waals surface area (Å²) in [6.45, 7) is 17.6. The van der Waals surface area contributed by atoms with Crippen LogP contribution in [0.3, 0.4) is 0 Å². The summed E-state index contributed by atoms with van der Waals surface area (Å²) in [4.78, 5) is 141. The third kappa shape index (κ3) is 23.5. The number of hydrogen-bond acceptors (Lipinski definition) is 22. The highest BCUT2D eigenvalue weighted by Gasteiger charge is 2.31. The predicted octanol–water partition coefficient (Wildman–Crippen LogP) is 16.4. The van der Waals surface area contributed by atoms with Gasteiger partial charge in [0, 0.05) is 141 Å². The van der Waals surface area contributed by atoms with E-state index in [-0.39, 0.29) is 46.8 Å². The Balaban J connectivity index is 0.000000129. The fraction of sp³-hybridized carbons (Fsp3) is 0.196. The number of anilines is 3. The lowest BCUT2D eigenvalue weighted by Gasteiger charge is -2.13. The number of Topliss-reactive ketones (excluding diaryl/α,β-unsaturated/α-hetero) is 1. The minimum absolute atomic E-state index is 0.0285. The van der Waals surface area contributed by atoms with Crippen LogP contribution in [0.15, 0.2) is 262 Å². The molecule has 2 aliphatic rings. The first kappa shape index (κ1) is 98.1. The van der Waals surface area contributed by atoms with E-state index in [0.717, 1.165) is 109 Å². The fourth-order valence-corrected chi connectivity index (χ4v) is 16.3. The number of methoxy groups -OCH3 is 1. The Hall–Kier alpha value is -18.0. The van der Waals surface area contributed by atoms with Crippen LogP contribution >= 0.6 is 0 Å². The molecular weight excluding hydrogens is 1820 g/mol. The summed E-state index contributed by atoms with van der Waals surface area (Å²) < 4.78 is 51.9. The lowest BCUT2D eigenvalue weighted by atomic mass is 10.0. The first-order valence-corrected chi connectivity index (χ1v) is 45.9. The van der Waals surface area contributed by atoms with Gasteiger partial charge in [0.1, 0.15) is 82.5 Å². The summed E-state index contributed by atoms with van der Waals surface area (Å²) in [5.74, 6) is 0.895. The molecule has 2 aliphatic heterocycles. The number of alkyl halides is 3. The number of pyridine rings is 2. The lowest BCUT2D eigenvalue weighted by molar-refractivity contribution is -0.137. The van der Waals surface area contributed by atoms with Crippen LogP contribution in [0.1, 0.15) is 122 Å². The second-order valence-corrected chi connectivity index (χ2v) is 35.3. The number of halogens is 3. The Morgan fingerprint density at radius 2 is 0.965 bits per heavy atom. The quantitative estimate of drug-likeness (QED) is 0.0178. The number of imidazole rings is 2. The Morgan fingerprint density at radius 3 is 1.48 bits per heavy atom. The number of carbonyl (C=O) groups is 8. The number of carbonyl (C=O) groups excluding carboxylic acids is 8. The SMILES string of the molecule is CC(C)Cn1ccc2cc(-c3cccc(C=O)n3)ccc21.CC(C)Cn1ccc2cc(-c3nc(N[C@@H](C)C(N)=O)cc(C(N)=O)n3)ccc21.COc1c[nH]c2ccc(-c3cccc(C(=O)Cc4ccc(C(F)(F)F)cc4)n3)cc12.Cc1ccc(-n2cnc3cc(-c4nc(NC5CCNC5=O)cc(C(N)=O)n4)ccc32)cc1.Cc1ccc(-n2cnc3ccc(-c4nc(NC5CCNC5=O)cc(C(N)=O)n4)cc32)cc1. The topological polar surface area (TPSA) is 474 Å². The fourth-order valence-electron chi connectivity index (χ4n) is 16.3. The molecule has 724 valence electrons. The number of primary amides is 4. The number of fused-ring (bicyclic) bond motifs is 5. The molecule has 2 unspecified atom stereocenters. The number of aromatic nitrogens is 15. The van der Waals surface area contributed by atoms with Crippen LogP contribution < -0.4 is 54.3 Å². The largest absolute Gasteiger partial charge is 0.495 e. The normalized spacial score (nSPS) is 13.5. The zero-order valence-corrected chi connectivity index (χ0v) is 79.1. The number of ether oxygens (including phenoxy) is 1. The molecule has 6 amide bonds. The van der Waals surface area contributed by atoms with Gasteiger partial charge in [0.05, 0.1) is 46.1 Å². The summed E-state index contributed by atoms with van der Waals surface area (Å²) in [6.07, 6.45) is 7.10. The molecule has 0 saturated carbocycles. The van der Waals surface area contributed by atoms with Crippen molar-refractivity contribution in [1.29, 1.82) is 0 Å². The van der Waals surface area contributed by atoms with Gasteiger partial charge in [-0.05, 0) is 203 Å². The van der Waals surface area contributed by atoms with Gasteiger partial charge in [0.2, 0.25) is 17.7 Å². The maximum absolute atomic E-state index is 12.7. The highest BCUT2D eigenvalue weighted by atomic mass is 19.4. The summed E-state index contributed by atoms with van der Waals surface area (Å²) in [5, 5.41) is 17.7. The van der Waals surface area contributed by atoms with Crippen molar-refractivity contribution in [1.82, 2.24) is 83.7 Å². The number of amides is 6. The smallest absolute Gasteiger partial charge is 0.416 e. The van der Waals surface area contributed by atoms with E-state index in [1.807, 2.05) is 150 Å². The van der Waals surface area contributed by atoms with Crippen LogP contribution in [0.5, 0.6) is 5.75 Å². The number of nitrogens with one attached hydrogen (secondary N) is 6. The number of aromatic amines is 1. The van der Waals surface area contributed by atoms with E-state index in [1.165, 1.54) is 52.4 Å². The standard InChI is InChI=1S/C23H17F3N2O2.2C23H21N7O2.C20H24N6O2.C18H18N2O/c1-30-22-13-27-19-10-7-15(12-17(19)22)18-3-2-4-20(28-18)21(29)11-14-5-8-16(9-6-14)23(24,25)26;1-13-2-5-15(6-3-13)30-12-26-17-10-14(4-7-19(17)30)22-28-18(21(24)31)11-20(29-22)27-16-8-9-25-23(16)32;1-13-2-5-15(6-3-13)30-12-26-16-7-4-14(10-19(16)30)22-28-18(21(24)31)11-20(29-22)27-17-8-9-25-23(17)32;1-11(2)10-26-7-6-13-8-14(4-5-16(13)26)20-24-15(19(22)28)9-17(25-20)23-12(3)18(21)27;1-13(2)11-20-9-8-15-10-14(6-7-18(15)20)17-5-3-4-16(12-21)19-17/h2-10,12-13,27H,11H2,1H3;2-7,10-12,16H,8-9H2,1H3,(H2,24,31)(H,25,32)(H,27,28,29);2-7,10-12,17H,8-9H2,1H3,(H2,24,31)(H,25,32)(H,27,28,29);4-9,11-12H,10H2,1-3H3,(H2,21,27)(H2,22,28)(H,23,24,25);3-10,12-13H,11H2,1-2H3/t;;;12-;/m...0./s1. The minimum atomic E-state index is -4.40. The first-order valence-electron chi connectivity index (χ1n) is 45.9. The van der Waals surface area contributed by atoms with Crippen LogP contribution in [0.4, 0.5) is 30.6 Å². The van der Waals surface area contributed by atoms with E-state index in [2.05, 4.69) is 167 Å². The predicted molar refractivity (Wildman–Crippen MR) is 542 cm³/mol. The lowest BCUT2D eigenvalue weighted by Crippen LogP contribution is -2.33. The summed E-state index contributed by atoms with van der Waals surface area (Å²) >= 11 is 0. The van der Waals surface area contributed by atoms with Gasteiger partial charge in [-0.1, -0.05) is 99.5 Å². The van der Waals surface area contributed by atoms with Gasteiger partial charge >= 0.3 is 6.18 Å². The number of aryl methyl sites for hydroxylation is 2. The molecule has 18 aromatic rings. The number of H-pyrrole nitrogens is 1. The van der Waals surface area contributed by atoms with E-state index in [4.69, 9.17) is 27.7 Å². The Bertz CT molecular complexity index is 7840. The van der Waals surface area contributed by atoms with Crippen molar-refractivity contribution in [2.75, 3.05) is 36.1 Å². The number of benzene rings is 8. The number of ketones is 1. The Morgan fingerprint density at radius 1 is 0.490 bits per heavy atom. The second-order valence-electron chi connectivity index (χ2n) is 35.3. The average molecular weight is 1920 g/mol. The molecule has 33 nitrogen and oxygen atoms in total. The first-order chi connectivity index (χ1) is 68.7. The molecule has 143 heavy (non-hydrogen) atoms. The van der Waals surface area contributed by atoms with Gasteiger partial charge in [0.15, 0.2) is 29.5 Å². The maximum atomic E-state index is 12.7. The van der Waals surface area contributed by atoms with Gasteiger partial charge in [-0.2, -0.15) is 13.2 Å². The van der Waals surface area contributed by atoms with Crippen molar-refractivity contribution in [2.24, 2.45) is 34.8 Å². The van der Waals surface area contributed by atoms with Crippen LogP contribution in [0.2, 0.25) is 0 Å². The molecule has 12 heterocycles. The molecule has 0 aliphatic carbocycles. The maximum Gasteiger partial charge on any atom is 0.416 e. The highest BCUT2D eigenvalue weighted by molar-refractivity contribution is 5.99. The summed E-state index contributed by atoms with van der Waals surface area (Å²) in [7, 11) is 1.59. The zero-order valence-electron chi connectivity index (χ0n) is 79.1. The van der Waals surface area contributed by atoms with Crippen LogP contribution in [0.25, 0.3) is 123 Å². The number of rotatable bonds is 26. The molecule has 3 atom stereocenters. The minimum Gasteiger partial charge on any atom is -0.495 e. The van der Waals surface area contributed by atoms with Gasteiger partial charge in [-0.25, -0.2) is 49.8 Å². The molecule has 36 heteroatoms. The van der Waals surface area contributed by atoms with Gasteiger partial charge in [0.25, 0.3) is 17.7 Å². The van der Waals surface area contributed by atoms with Crippen molar-refractivity contribution >= 4 is 120 Å². The van der Waals surface area contributed by atoms with Crippen molar-refractivity contribution in [3.8, 4) is 73.8 Å². The van der Waals surface area contributed by atoms with E-state index in [0.29, 0.717) is 107 Å². The molecule has 0 radical (unpaired) electrons. The number of aldehydes is 1. The molecule has 2 saturated heterocycles. The van der Waals surface area contributed by atoms with Crippen LogP contribution in [-0.2, 0) is 40.1 Å². The Labute approximate surface area is 817 Å². The van der Waals surface area contributed by atoms with Gasteiger partial charge in [-0.3, -0.25) is 47.5 Å². The number of hydrogen-bond donors (Lipinski definition) is 10. The second kappa shape index (κ2) is 43.0. The molecule has 8 aromatic carbocycles. The summed E-state index contributed by atoms with van der Waals surface area (Å²) in [5.41, 5.74) is 38.8. The third-order valence-electron chi connectivity index (χ3n) is 23.7. The van der Waals surface area contributed by atoms with E-state index in [9.17, 15) is 51.5 Å². The monoisotopic (exact) mass is 1920 g/mol. The van der Waals surface area contributed by atoms with Crippen molar-refractivity contribution < 1.29 is 56.3 Å². The van der Waals surface area contributed by atoms with Crippen molar-refractivity contribution in [3.63, 3.8) is 0 Å². The van der Waals surface area contributed by atoms with E-state index < -0.39 is 53.5 Å². The van der Waals surface area contributed by atoms with Crippen LogP contribution in [-0.4, -0.2) is 159 Å². The van der Waals surface area contributed by atoms with E-state index >= 15 is 0 Å². The van der Waals surface area contributed by atoms with E-state index in [1.54, 1.807) is 57.2 Å². The van der Waals surface area contributed by atoms with Gasteiger partial charge < -0.3 is 68.4 Å². The average Bonchev–Trinajstić information content (AvgIpc) is 1.69. The highest BCUT2D eigenvalue weighted by Crippen LogP contribution is 2.35. The number of nitrogens with zero attached hydrogens (tertiary/aromatic N) is 14. The van der Waals surface area contributed by atoms with Crippen LogP contribution in [0, 0.1) is 25.7 Å².